The molecule has 1 aliphatic heterocycles. The van der Waals surface area contributed by atoms with Crippen LogP contribution in [0.3, 0.4) is 0 Å². The number of carbonyl (C=O) groups is 1. The van der Waals surface area contributed by atoms with Crippen LogP contribution in [0.5, 0.6) is 11.5 Å². The van der Waals surface area contributed by atoms with Crippen molar-refractivity contribution in [3.63, 3.8) is 0 Å². The number of hydrazone groups is 1. The maximum Gasteiger partial charge on any atom is 0.280 e. The van der Waals surface area contributed by atoms with Crippen LogP contribution in [0.2, 0.25) is 5.02 Å². The van der Waals surface area contributed by atoms with E-state index in [9.17, 15) is 9.18 Å². The quantitative estimate of drug-likeness (QED) is 0.441. The number of hydrogen-bond acceptors (Lipinski definition) is 4. The van der Waals surface area contributed by atoms with Crippen molar-refractivity contribution < 1.29 is 18.7 Å². The van der Waals surface area contributed by atoms with E-state index in [1.165, 1.54) is 17.1 Å². The molecule has 3 aromatic carbocycles. The van der Waals surface area contributed by atoms with Gasteiger partial charge in [-0.05, 0) is 72.7 Å². The fraction of sp³-hybridized carbons (Fsp3) is 0.120. The molecule has 0 atom stereocenters. The van der Waals surface area contributed by atoms with Crippen molar-refractivity contribution >= 4 is 35.0 Å². The summed E-state index contributed by atoms with van der Waals surface area (Å²) in [5.74, 6) is 0.556. The van der Waals surface area contributed by atoms with Gasteiger partial charge < -0.3 is 9.47 Å². The van der Waals surface area contributed by atoms with Gasteiger partial charge in [0.25, 0.3) is 5.91 Å². The second kappa shape index (κ2) is 9.24. The highest BCUT2D eigenvalue weighted by molar-refractivity contribution is 6.32. The van der Waals surface area contributed by atoms with E-state index in [2.05, 4.69) is 5.10 Å². The van der Waals surface area contributed by atoms with E-state index in [0.29, 0.717) is 33.5 Å². The summed E-state index contributed by atoms with van der Waals surface area (Å²) in [6.45, 7) is 2.06. The van der Waals surface area contributed by atoms with Gasteiger partial charge >= 0.3 is 0 Å². The second-order valence-electron chi connectivity index (χ2n) is 7.16. The topological polar surface area (TPSA) is 51.1 Å². The van der Waals surface area contributed by atoms with Crippen molar-refractivity contribution in [1.82, 2.24) is 0 Å². The predicted molar refractivity (Wildman–Crippen MR) is 124 cm³/mol. The maximum absolute atomic E-state index is 13.1. The molecule has 162 valence electrons. The number of hydrogen-bond donors (Lipinski definition) is 0. The number of benzene rings is 3. The van der Waals surface area contributed by atoms with Crippen LogP contribution in [0.1, 0.15) is 18.1 Å². The van der Waals surface area contributed by atoms with Crippen LogP contribution in [0, 0.1) is 5.82 Å². The van der Waals surface area contributed by atoms with Gasteiger partial charge in [0.15, 0.2) is 11.5 Å². The molecule has 3 aromatic rings. The minimum absolute atomic E-state index is 0.222. The Kier molecular flexibility index (Phi) is 6.23. The molecular formula is C25H20ClFN2O3. The van der Waals surface area contributed by atoms with Gasteiger partial charge in [-0.3, -0.25) is 4.79 Å². The molecule has 7 heteroatoms. The lowest BCUT2D eigenvalue weighted by molar-refractivity contribution is -0.114. The number of amides is 1. The van der Waals surface area contributed by atoms with Gasteiger partial charge in [0.2, 0.25) is 0 Å². The highest BCUT2D eigenvalue weighted by atomic mass is 35.5. The summed E-state index contributed by atoms with van der Waals surface area (Å²) in [6, 6.07) is 18.4. The molecule has 1 heterocycles. The Balaban J connectivity index is 1.53. The Morgan fingerprint density at radius 1 is 1.03 bits per heavy atom. The zero-order valence-electron chi connectivity index (χ0n) is 17.5. The molecule has 32 heavy (non-hydrogen) atoms. The Labute approximate surface area is 190 Å². The SMILES string of the molecule is COc1cc(/C=C2\C(=O)N(c3ccc(Cl)cc3)N=C2C)ccc1OCc1ccc(F)cc1. The first kappa shape index (κ1) is 21.6. The highest BCUT2D eigenvalue weighted by Gasteiger charge is 2.28. The lowest BCUT2D eigenvalue weighted by atomic mass is 10.1. The molecule has 0 saturated carbocycles. The normalized spacial score (nSPS) is 14.6. The summed E-state index contributed by atoms with van der Waals surface area (Å²) < 4.78 is 24.4. The van der Waals surface area contributed by atoms with Crippen molar-refractivity contribution in [2.75, 3.05) is 12.1 Å². The lowest BCUT2D eigenvalue weighted by Crippen LogP contribution is -2.21. The van der Waals surface area contributed by atoms with Crippen LogP contribution in [0.4, 0.5) is 10.1 Å². The van der Waals surface area contributed by atoms with E-state index in [-0.39, 0.29) is 18.3 Å². The molecule has 0 spiro atoms. The zero-order valence-corrected chi connectivity index (χ0v) is 18.3. The van der Waals surface area contributed by atoms with Gasteiger partial charge in [-0.15, -0.1) is 0 Å². The summed E-state index contributed by atoms with van der Waals surface area (Å²) in [4.78, 5) is 12.9. The van der Waals surface area contributed by atoms with Crippen LogP contribution in [-0.4, -0.2) is 18.7 Å². The monoisotopic (exact) mass is 450 g/mol. The standard InChI is InChI=1S/C25H20ClFN2O3/c1-16-22(25(30)29(28-16)21-10-6-19(26)7-11-21)13-18-5-12-23(24(14-18)31-2)32-15-17-3-8-20(27)9-4-17/h3-14H,15H2,1-2H3/b22-13-. The van der Waals surface area contributed by atoms with E-state index < -0.39 is 0 Å². The first-order valence-corrected chi connectivity index (χ1v) is 10.2. The van der Waals surface area contributed by atoms with Crippen LogP contribution < -0.4 is 14.5 Å². The minimum Gasteiger partial charge on any atom is -0.493 e. The van der Waals surface area contributed by atoms with Gasteiger partial charge in [-0.1, -0.05) is 29.8 Å². The highest BCUT2D eigenvalue weighted by Crippen LogP contribution is 2.31. The van der Waals surface area contributed by atoms with Crippen LogP contribution in [-0.2, 0) is 11.4 Å². The van der Waals surface area contributed by atoms with Crippen LogP contribution in [0.25, 0.3) is 6.08 Å². The molecule has 0 bridgehead atoms. The van der Waals surface area contributed by atoms with Gasteiger partial charge in [-0.2, -0.15) is 10.1 Å². The average molecular weight is 451 g/mol. The fourth-order valence-corrected chi connectivity index (χ4v) is 3.37. The Morgan fingerprint density at radius 2 is 1.75 bits per heavy atom. The molecule has 5 nitrogen and oxygen atoms in total. The van der Waals surface area contributed by atoms with Crippen molar-refractivity contribution in [2.45, 2.75) is 13.5 Å². The Bertz CT molecular complexity index is 1200. The third kappa shape index (κ3) is 4.65. The summed E-state index contributed by atoms with van der Waals surface area (Å²) in [6.07, 6.45) is 1.77. The second-order valence-corrected chi connectivity index (χ2v) is 7.60. The van der Waals surface area contributed by atoms with E-state index in [4.69, 9.17) is 21.1 Å². The third-order valence-corrected chi connectivity index (χ3v) is 5.19. The summed E-state index contributed by atoms with van der Waals surface area (Å²) in [5, 5.41) is 6.33. The van der Waals surface area contributed by atoms with Gasteiger partial charge in [0.05, 0.1) is 24.1 Å². The molecule has 0 fully saturated rings. The molecule has 1 amide bonds. The van der Waals surface area contributed by atoms with E-state index in [1.54, 1.807) is 68.6 Å². The maximum atomic E-state index is 13.1. The van der Waals surface area contributed by atoms with Crippen LogP contribution in [0.15, 0.2) is 77.4 Å². The smallest absolute Gasteiger partial charge is 0.280 e. The van der Waals surface area contributed by atoms with Crippen LogP contribution >= 0.6 is 11.6 Å². The fourth-order valence-electron chi connectivity index (χ4n) is 3.24. The molecule has 0 N–H and O–H groups in total. The van der Waals surface area contributed by atoms with Gasteiger partial charge in [-0.25, -0.2) is 4.39 Å². The Morgan fingerprint density at radius 3 is 2.44 bits per heavy atom. The number of carbonyl (C=O) groups excluding carboxylic acids is 1. The molecule has 0 unspecified atom stereocenters. The largest absolute Gasteiger partial charge is 0.493 e. The molecule has 0 radical (unpaired) electrons. The number of rotatable bonds is 6. The Hall–Kier alpha value is -3.64. The van der Waals surface area contributed by atoms with E-state index >= 15 is 0 Å². The van der Waals surface area contributed by atoms with Gasteiger partial charge in [0.1, 0.15) is 12.4 Å². The molecular weight excluding hydrogens is 431 g/mol. The average Bonchev–Trinajstić information content (AvgIpc) is 3.08. The predicted octanol–water partition coefficient (Wildman–Crippen LogP) is 5.87. The number of ether oxygens (including phenoxy) is 2. The lowest BCUT2D eigenvalue weighted by Gasteiger charge is -2.12. The molecule has 4 rings (SSSR count). The molecule has 0 aromatic heterocycles. The first-order valence-electron chi connectivity index (χ1n) is 9.87. The van der Waals surface area contributed by atoms with E-state index in [1.807, 2.05) is 6.07 Å². The summed E-state index contributed by atoms with van der Waals surface area (Å²) >= 11 is 5.94. The van der Waals surface area contributed by atoms with Crippen molar-refractivity contribution in [1.29, 1.82) is 0 Å². The zero-order chi connectivity index (χ0) is 22.7. The van der Waals surface area contributed by atoms with Crippen molar-refractivity contribution in [3.05, 3.63) is 94.3 Å². The van der Waals surface area contributed by atoms with Gasteiger partial charge in [0, 0.05) is 5.02 Å². The summed E-state index contributed by atoms with van der Waals surface area (Å²) in [7, 11) is 1.55. The number of halogens is 2. The number of methoxy groups -OCH3 is 1. The minimum atomic E-state index is -0.293. The van der Waals surface area contributed by atoms with Crippen molar-refractivity contribution in [2.24, 2.45) is 5.10 Å². The number of anilines is 1. The molecule has 1 aliphatic rings. The first-order chi connectivity index (χ1) is 15.4. The summed E-state index contributed by atoms with van der Waals surface area (Å²) in [5.41, 5.74) is 3.35. The van der Waals surface area contributed by atoms with Crippen molar-refractivity contribution in [3.8, 4) is 11.5 Å². The van der Waals surface area contributed by atoms with E-state index in [0.717, 1.165) is 11.1 Å². The molecule has 0 saturated heterocycles. The number of nitrogens with zero attached hydrogens (tertiary/aromatic N) is 2. The molecule has 0 aliphatic carbocycles. The third-order valence-electron chi connectivity index (χ3n) is 4.94.